The summed E-state index contributed by atoms with van der Waals surface area (Å²) >= 11 is 12.1. The second kappa shape index (κ2) is 6.53. The zero-order valence-electron chi connectivity index (χ0n) is 11.2. The molecular weight excluding hydrogens is 298 g/mol. The number of benzene rings is 1. The van der Waals surface area contributed by atoms with Gasteiger partial charge < -0.3 is 5.32 Å². The quantitative estimate of drug-likeness (QED) is 0.809. The van der Waals surface area contributed by atoms with Crippen LogP contribution in [0.1, 0.15) is 37.1 Å². The molecule has 1 aromatic heterocycles. The maximum absolute atomic E-state index is 13.6. The molecule has 0 radical (unpaired) electrons. The Morgan fingerprint density at radius 1 is 1.05 bits per heavy atom. The number of hydrogen-bond donors (Lipinski definition) is 1. The molecule has 0 aliphatic carbocycles. The number of rotatable bonds is 4. The predicted molar refractivity (Wildman–Crippen MR) is 80.6 cm³/mol. The van der Waals surface area contributed by atoms with Crippen molar-refractivity contribution in [2.24, 2.45) is 0 Å². The van der Waals surface area contributed by atoms with Crippen molar-refractivity contribution in [3.05, 3.63) is 63.6 Å². The summed E-state index contributed by atoms with van der Waals surface area (Å²) < 4.78 is 13.6. The lowest BCUT2D eigenvalue weighted by Gasteiger charge is -2.22. The second-order valence-electron chi connectivity index (χ2n) is 4.65. The number of hydrogen-bond acceptors (Lipinski definition) is 2. The summed E-state index contributed by atoms with van der Waals surface area (Å²) in [5, 5.41) is 3.88. The highest BCUT2D eigenvalue weighted by molar-refractivity contribution is 6.36. The third-order valence-corrected chi connectivity index (χ3v) is 3.93. The average Bonchev–Trinajstić information content (AvgIpc) is 2.44. The van der Waals surface area contributed by atoms with Crippen LogP contribution in [-0.4, -0.2) is 4.98 Å². The van der Waals surface area contributed by atoms with Crippen LogP contribution < -0.4 is 5.32 Å². The molecule has 106 valence electrons. The molecule has 2 rings (SSSR count). The molecule has 0 amide bonds. The smallest absolute Gasteiger partial charge is 0.142 e. The Kier molecular flexibility index (Phi) is 4.97. The monoisotopic (exact) mass is 312 g/mol. The van der Waals surface area contributed by atoms with Crippen LogP contribution in [0.15, 0.2) is 36.7 Å². The highest BCUT2D eigenvalue weighted by Gasteiger charge is 2.19. The average molecular weight is 313 g/mol. The first-order chi connectivity index (χ1) is 9.50. The molecule has 2 aromatic rings. The molecule has 1 unspecified atom stereocenters. The lowest BCUT2D eigenvalue weighted by molar-refractivity contribution is 0.492. The summed E-state index contributed by atoms with van der Waals surface area (Å²) in [5.74, 6) is -0.462. The maximum atomic E-state index is 13.6. The Labute approximate surface area is 127 Å². The Bertz CT molecular complexity index is 590. The van der Waals surface area contributed by atoms with Crippen LogP contribution >= 0.6 is 23.2 Å². The van der Waals surface area contributed by atoms with E-state index >= 15 is 0 Å². The Morgan fingerprint density at radius 3 is 2.35 bits per heavy atom. The van der Waals surface area contributed by atoms with Gasteiger partial charge in [0.1, 0.15) is 5.82 Å². The minimum Gasteiger partial charge on any atom is -0.304 e. The van der Waals surface area contributed by atoms with Gasteiger partial charge in [-0.05, 0) is 43.7 Å². The predicted octanol–water partition coefficient (Wildman–Crippen LogP) is 4.94. The lowest BCUT2D eigenvalue weighted by atomic mass is 10.0. The SMILES string of the molecule is CC(N[C@@H](C)c1ccncc1)c1c(Cl)ccc(F)c1Cl. The van der Waals surface area contributed by atoms with Gasteiger partial charge in [-0.2, -0.15) is 0 Å². The largest absolute Gasteiger partial charge is 0.304 e. The first kappa shape index (κ1) is 15.2. The third-order valence-electron chi connectivity index (χ3n) is 3.22. The van der Waals surface area contributed by atoms with Gasteiger partial charge in [-0.15, -0.1) is 0 Å². The molecule has 0 fully saturated rings. The van der Waals surface area contributed by atoms with E-state index in [9.17, 15) is 4.39 Å². The molecule has 2 atom stereocenters. The van der Waals surface area contributed by atoms with Crippen molar-refractivity contribution in [1.82, 2.24) is 10.3 Å². The van der Waals surface area contributed by atoms with Crippen LogP contribution in [0.4, 0.5) is 4.39 Å². The molecule has 1 N–H and O–H groups in total. The van der Waals surface area contributed by atoms with E-state index in [4.69, 9.17) is 23.2 Å². The second-order valence-corrected chi connectivity index (χ2v) is 5.43. The van der Waals surface area contributed by atoms with Crippen molar-refractivity contribution in [1.29, 1.82) is 0 Å². The van der Waals surface area contributed by atoms with Gasteiger partial charge in [0.05, 0.1) is 5.02 Å². The molecule has 0 aliphatic heterocycles. The van der Waals surface area contributed by atoms with Gasteiger partial charge in [0.25, 0.3) is 0 Å². The van der Waals surface area contributed by atoms with Crippen molar-refractivity contribution in [3.8, 4) is 0 Å². The zero-order chi connectivity index (χ0) is 14.7. The summed E-state index contributed by atoms with van der Waals surface area (Å²) in [6.45, 7) is 3.93. The van der Waals surface area contributed by atoms with Crippen LogP contribution in [-0.2, 0) is 0 Å². The van der Waals surface area contributed by atoms with Crippen molar-refractivity contribution in [2.45, 2.75) is 25.9 Å². The summed E-state index contributed by atoms with van der Waals surface area (Å²) in [5.41, 5.74) is 1.67. The molecule has 0 bridgehead atoms. The van der Waals surface area contributed by atoms with Crippen molar-refractivity contribution < 1.29 is 4.39 Å². The minimum absolute atomic E-state index is 0.0689. The van der Waals surface area contributed by atoms with Gasteiger partial charge in [-0.25, -0.2) is 4.39 Å². The number of aromatic nitrogens is 1. The van der Waals surface area contributed by atoms with Crippen molar-refractivity contribution in [2.75, 3.05) is 0 Å². The number of nitrogens with one attached hydrogen (secondary N) is 1. The van der Waals surface area contributed by atoms with E-state index in [-0.39, 0.29) is 17.1 Å². The molecule has 0 spiro atoms. The molecule has 0 aliphatic rings. The molecule has 20 heavy (non-hydrogen) atoms. The fourth-order valence-corrected chi connectivity index (χ4v) is 2.84. The van der Waals surface area contributed by atoms with Crippen LogP contribution in [0.3, 0.4) is 0 Å². The highest BCUT2D eigenvalue weighted by Crippen LogP contribution is 2.33. The van der Waals surface area contributed by atoms with E-state index < -0.39 is 5.82 Å². The summed E-state index contributed by atoms with van der Waals surface area (Å²) in [7, 11) is 0. The van der Waals surface area contributed by atoms with E-state index in [0.29, 0.717) is 10.6 Å². The Morgan fingerprint density at radius 2 is 1.70 bits per heavy atom. The van der Waals surface area contributed by atoms with Crippen LogP contribution in [0.5, 0.6) is 0 Å². The van der Waals surface area contributed by atoms with E-state index in [0.717, 1.165) is 5.56 Å². The fourth-order valence-electron chi connectivity index (χ4n) is 2.15. The fraction of sp³-hybridized carbons (Fsp3) is 0.267. The molecule has 1 heterocycles. The number of nitrogens with zero attached hydrogens (tertiary/aromatic N) is 1. The topological polar surface area (TPSA) is 24.9 Å². The van der Waals surface area contributed by atoms with Crippen LogP contribution in [0.25, 0.3) is 0 Å². The number of pyridine rings is 1. The van der Waals surface area contributed by atoms with Gasteiger partial charge in [-0.3, -0.25) is 4.98 Å². The van der Waals surface area contributed by atoms with E-state index in [1.165, 1.54) is 12.1 Å². The van der Waals surface area contributed by atoms with Gasteiger partial charge in [0, 0.05) is 35.1 Å². The Hall–Kier alpha value is -1.16. The zero-order valence-corrected chi connectivity index (χ0v) is 12.7. The maximum Gasteiger partial charge on any atom is 0.142 e. The molecule has 0 saturated heterocycles. The lowest BCUT2D eigenvalue weighted by Crippen LogP contribution is -2.23. The molecule has 1 aromatic carbocycles. The molecule has 5 heteroatoms. The Balaban J connectivity index is 2.21. The molecule has 2 nitrogen and oxygen atoms in total. The molecular formula is C15H15Cl2FN2. The van der Waals surface area contributed by atoms with E-state index in [2.05, 4.69) is 10.3 Å². The summed E-state index contributed by atoms with van der Waals surface area (Å²) in [6, 6.07) is 6.55. The highest BCUT2D eigenvalue weighted by atomic mass is 35.5. The normalized spacial score (nSPS) is 14.1. The van der Waals surface area contributed by atoms with E-state index in [1.807, 2.05) is 26.0 Å². The molecule has 0 saturated carbocycles. The van der Waals surface area contributed by atoms with Gasteiger partial charge in [-0.1, -0.05) is 23.2 Å². The third kappa shape index (κ3) is 3.29. The summed E-state index contributed by atoms with van der Waals surface area (Å²) in [4.78, 5) is 3.99. The van der Waals surface area contributed by atoms with Crippen LogP contribution in [0, 0.1) is 5.82 Å². The minimum atomic E-state index is -0.462. The van der Waals surface area contributed by atoms with Gasteiger partial charge in [0.15, 0.2) is 0 Å². The first-order valence-corrected chi connectivity index (χ1v) is 7.05. The van der Waals surface area contributed by atoms with Crippen molar-refractivity contribution in [3.63, 3.8) is 0 Å². The number of halogens is 3. The summed E-state index contributed by atoms with van der Waals surface area (Å²) in [6.07, 6.45) is 3.47. The first-order valence-electron chi connectivity index (χ1n) is 6.30. The van der Waals surface area contributed by atoms with Gasteiger partial charge in [0.2, 0.25) is 0 Å². The van der Waals surface area contributed by atoms with Gasteiger partial charge >= 0.3 is 0 Å². The van der Waals surface area contributed by atoms with Crippen LogP contribution in [0.2, 0.25) is 10.0 Å². The standard InChI is InChI=1S/C15H15Cl2FN2/c1-9(11-5-7-19-8-6-11)20-10(2)14-12(16)3-4-13(18)15(14)17/h3-10,20H,1-2H3/t9-,10?/m0/s1. The van der Waals surface area contributed by atoms with E-state index in [1.54, 1.807) is 12.4 Å². The van der Waals surface area contributed by atoms with Crippen molar-refractivity contribution >= 4 is 23.2 Å².